The number of carbonyl (C=O) groups excluding carboxylic acids is 1. The summed E-state index contributed by atoms with van der Waals surface area (Å²) in [6, 6.07) is 17.8. The van der Waals surface area contributed by atoms with Gasteiger partial charge in [-0.15, -0.1) is 0 Å². The zero-order valence-corrected chi connectivity index (χ0v) is 21.6. The fraction of sp³-hybridized carbons (Fsp3) is 0.296. The van der Waals surface area contributed by atoms with Crippen LogP contribution in [0.3, 0.4) is 0 Å². The molecule has 0 heterocycles. The molecule has 10 heteroatoms. The molecule has 7 N–H and O–H groups in total. The van der Waals surface area contributed by atoms with Crippen molar-refractivity contribution in [2.24, 2.45) is 5.14 Å². The summed E-state index contributed by atoms with van der Waals surface area (Å²) in [4.78, 5) is 12.5. The number of aliphatic hydroxyl groups excluding tert-OH is 1. The highest BCUT2D eigenvalue weighted by Gasteiger charge is 2.21. The second-order valence-corrected chi connectivity index (χ2v) is 11.3. The summed E-state index contributed by atoms with van der Waals surface area (Å²) >= 11 is 0. The Labute approximate surface area is 217 Å². The van der Waals surface area contributed by atoms with Crippen LogP contribution in [0.5, 0.6) is 11.5 Å². The third-order valence-corrected chi connectivity index (χ3v) is 6.76. The Morgan fingerprint density at radius 1 is 0.946 bits per heavy atom. The Bertz CT molecular complexity index is 1320. The van der Waals surface area contributed by atoms with Gasteiger partial charge in [0, 0.05) is 24.7 Å². The Hall–Kier alpha value is -3.44. The first-order valence-corrected chi connectivity index (χ1v) is 13.3. The first kappa shape index (κ1) is 28.1. The topological polar surface area (TPSA) is 162 Å². The fourth-order valence-corrected chi connectivity index (χ4v) is 4.48. The molecule has 0 aliphatic carbocycles. The highest BCUT2D eigenvalue weighted by atomic mass is 32.2. The average Bonchev–Trinajstić information content (AvgIpc) is 2.80. The van der Waals surface area contributed by atoms with Gasteiger partial charge < -0.3 is 26.0 Å². The number of β-amino-alcohol motifs (C(OH)–C–C–N with tert-alkyl or cyclic N) is 1. The van der Waals surface area contributed by atoms with Gasteiger partial charge in [-0.2, -0.15) is 0 Å². The molecule has 37 heavy (non-hydrogen) atoms. The highest BCUT2D eigenvalue weighted by molar-refractivity contribution is 7.89. The van der Waals surface area contributed by atoms with E-state index in [4.69, 9.17) is 5.14 Å². The van der Waals surface area contributed by atoms with Gasteiger partial charge in [-0.3, -0.25) is 4.79 Å². The van der Waals surface area contributed by atoms with Gasteiger partial charge in [0.25, 0.3) is 0 Å². The first-order chi connectivity index (χ1) is 17.3. The van der Waals surface area contributed by atoms with E-state index in [0.29, 0.717) is 12.0 Å². The summed E-state index contributed by atoms with van der Waals surface area (Å²) in [6.07, 6.45) is -0.0868. The van der Waals surface area contributed by atoms with Crippen LogP contribution in [0, 0.1) is 0 Å². The molecule has 1 atom stereocenters. The molecule has 0 aliphatic rings. The monoisotopic (exact) mass is 527 g/mol. The van der Waals surface area contributed by atoms with Crippen LogP contribution in [0.2, 0.25) is 0 Å². The lowest BCUT2D eigenvalue weighted by molar-refractivity contribution is -0.120. The molecule has 3 aromatic carbocycles. The Morgan fingerprint density at radius 2 is 1.57 bits per heavy atom. The maximum Gasteiger partial charge on any atom is 0.238 e. The lowest BCUT2D eigenvalue weighted by Crippen LogP contribution is -2.43. The van der Waals surface area contributed by atoms with Gasteiger partial charge in [0.1, 0.15) is 11.5 Å². The minimum Gasteiger partial charge on any atom is -0.508 e. The van der Waals surface area contributed by atoms with Crippen molar-refractivity contribution < 1.29 is 28.5 Å². The smallest absolute Gasteiger partial charge is 0.238 e. The second-order valence-electron chi connectivity index (χ2n) is 9.70. The third kappa shape index (κ3) is 8.87. The molecule has 0 saturated heterocycles. The van der Waals surface area contributed by atoms with Crippen LogP contribution in [0.25, 0.3) is 0 Å². The molecule has 198 valence electrons. The second kappa shape index (κ2) is 11.7. The quantitative estimate of drug-likeness (QED) is 0.223. The van der Waals surface area contributed by atoms with Crippen LogP contribution in [-0.2, 0) is 34.2 Å². The zero-order valence-electron chi connectivity index (χ0n) is 20.8. The van der Waals surface area contributed by atoms with E-state index in [1.165, 1.54) is 30.3 Å². The maximum atomic E-state index is 12.5. The Kier molecular flexibility index (Phi) is 8.93. The summed E-state index contributed by atoms with van der Waals surface area (Å²) in [5, 5.41) is 41.0. The van der Waals surface area contributed by atoms with Gasteiger partial charge in [-0.25, -0.2) is 13.6 Å². The number of rotatable bonds is 11. The number of aliphatic hydroxyl groups is 1. The van der Waals surface area contributed by atoms with Crippen molar-refractivity contribution in [1.29, 1.82) is 0 Å². The molecule has 0 fully saturated rings. The lowest BCUT2D eigenvalue weighted by Gasteiger charge is -2.28. The minimum atomic E-state index is -3.76. The van der Waals surface area contributed by atoms with Crippen molar-refractivity contribution >= 4 is 15.9 Å². The van der Waals surface area contributed by atoms with Crippen LogP contribution in [0.4, 0.5) is 0 Å². The van der Waals surface area contributed by atoms with Gasteiger partial charge in [0.2, 0.25) is 15.9 Å². The minimum absolute atomic E-state index is 0.0185. The number of amides is 1. The van der Waals surface area contributed by atoms with Gasteiger partial charge >= 0.3 is 0 Å². The van der Waals surface area contributed by atoms with E-state index in [1.807, 2.05) is 38.1 Å². The fourth-order valence-electron chi connectivity index (χ4n) is 3.97. The number of sulfonamides is 1. The molecule has 0 aliphatic heterocycles. The van der Waals surface area contributed by atoms with Crippen LogP contribution >= 0.6 is 0 Å². The maximum absolute atomic E-state index is 12.5. The molecule has 0 spiro atoms. The van der Waals surface area contributed by atoms with E-state index in [2.05, 4.69) is 10.6 Å². The Balaban J connectivity index is 1.52. The molecule has 3 aromatic rings. The van der Waals surface area contributed by atoms with E-state index in [9.17, 15) is 28.5 Å². The average molecular weight is 528 g/mol. The molecule has 9 nitrogen and oxygen atoms in total. The van der Waals surface area contributed by atoms with Gasteiger partial charge in [0.05, 0.1) is 17.4 Å². The third-order valence-electron chi connectivity index (χ3n) is 5.83. The van der Waals surface area contributed by atoms with Crippen LogP contribution in [0.1, 0.15) is 42.2 Å². The number of phenols is 2. The van der Waals surface area contributed by atoms with Crippen molar-refractivity contribution in [3.8, 4) is 11.5 Å². The molecule has 0 saturated carbocycles. The van der Waals surface area contributed by atoms with Gasteiger partial charge in [-0.05, 0) is 66.8 Å². The molecule has 3 rings (SSSR count). The molecule has 0 radical (unpaired) electrons. The van der Waals surface area contributed by atoms with Crippen molar-refractivity contribution in [3.63, 3.8) is 0 Å². The zero-order chi connectivity index (χ0) is 27.2. The van der Waals surface area contributed by atoms with Crippen molar-refractivity contribution in [3.05, 3.63) is 89.0 Å². The van der Waals surface area contributed by atoms with E-state index in [-0.39, 0.29) is 47.4 Å². The van der Waals surface area contributed by atoms with E-state index in [0.717, 1.165) is 16.7 Å². The van der Waals surface area contributed by atoms with Crippen LogP contribution in [-0.4, -0.2) is 41.7 Å². The molecular formula is C27H33N3O6S. The summed E-state index contributed by atoms with van der Waals surface area (Å²) in [7, 11) is -3.76. The molecule has 0 aromatic heterocycles. The SMILES string of the molecule is CC(C)(Cc1cccc(CC(=O)NCc2ccc(S(N)(=O)=O)cc2)c1)NCC(O)c1cc(O)cc(O)c1. The largest absolute Gasteiger partial charge is 0.508 e. The number of hydrogen-bond donors (Lipinski definition) is 6. The van der Waals surface area contributed by atoms with Gasteiger partial charge in [-0.1, -0.05) is 36.4 Å². The molecule has 0 bridgehead atoms. The van der Waals surface area contributed by atoms with Crippen molar-refractivity contribution in [1.82, 2.24) is 10.6 Å². The number of benzene rings is 3. The molecule has 1 unspecified atom stereocenters. The number of carbonyl (C=O) groups is 1. The van der Waals surface area contributed by atoms with E-state index in [1.54, 1.807) is 12.1 Å². The van der Waals surface area contributed by atoms with Crippen LogP contribution in [0.15, 0.2) is 71.6 Å². The highest BCUT2D eigenvalue weighted by Crippen LogP contribution is 2.25. The molecule has 1 amide bonds. The summed E-state index contributed by atoms with van der Waals surface area (Å²) in [6.45, 7) is 4.48. The number of primary sulfonamides is 1. The van der Waals surface area contributed by atoms with Crippen molar-refractivity contribution in [2.75, 3.05) is 6.54 Å². The van der Waals surface area contributed by atoms with Crippen molar-refractivity contribution in [2.45, 2.75) is 49.8 Å². The van der Waals surface area contributed by atoms with Crippen LogP contribution < -0.4 is 15.8 Å². The summed E-state index contributed by atoms with van der Waals surface area (Å²) in [5.41, 5.74) is 2.65. The number of nitrogens with two attached hydrogens (primary N) is 1. The number of nitrogens with one attached hydrogen (secondary N) is 2. The van der Waals surface area contributed by atoms with E-state index < -0.39 is 16.1 Å². The van der Waals surface area contributed by atoms with E-state index >= 15 is 0 Å². The lowest BCUT2D eigenvalue weighted by atomic mass is 9.93. The Morgan fingerprint density at radius 3 is 2.19 bits per heavy atom. The number of phenolic OH excluding ortho intramolecular Hbond substituents is 2. The predicted octanol–water partition coefficient (Wildman–Crippen LogP) is 2.25. The standard InChI is InChI=1S/C27H33N3O6S/c1-27(2,30-17-25(33)21-12-22(31)14-23(32)13-21)15-20-5-3-4-19(10-20)11-26(34)29-16-18-6-8-24(9-7-18)37(28,35)36/h3-10,12-14,25,30-33H,11,15-17H2,1-2H3,(H,29,34)(H2,28,35,36). The summed E-state index contributed by atoms with van der Waals surface area (Å²) in [5.74, 6) is -0.397. The first-order valence-electron chi connectivity index (χ1n) is 11.7. The van der Waals surface area contributed by atoms with Gasteiger partial charge in [0.15, 0.2) is 0 Å². The predicted molar refractivity (Wildman–Crippen MR) is 140 cm³/mol. The summed E-state index contributed by atoms with van der Waals surface area (Å²) < 4.78 is 22.7. The normalized spacial score (nSPS) is 12.8. The number of hydrogen-bond acceptors (Lipinski definition) is 7. The number of aromatic hydroxyl groups is 2. The molecular weight excluding hydrogens is 494 g/mol.